The van der Waals surface area contributed by atoms with Crippen LogP contribution < -0.4 is 0 Å². The maximum Gasteiger partial charge on any atom is 0.145 e. The second kappa shape index (κ2) is 8.18. The molecular formula is C35H30N2. The van der Waals surface area contributed by atoms with Gasteiger partial charge in [-0.15, -0.1) is 0 Å². The molecule has 2 aromatic heterocycles. The second-order valence-corrected chi connectivity index (χ2v) is 10.8. The van der Waals surface area contributed by atoms with Gasteiger partial charge in [0.1, 0.15) is 5.65 Å². The summed E-state index contributed by atoms with van der Waals surface area (Å²) in [7, 11) is 0. The van der Waals surface area contributed by atoms with E-state index in [1.54, 1.807) is 0 Å². The molecule has 0 saturated heterocycles. The Balaban J connectivity index is 1.65. The van der Waals surface area contributed by atoms with Gasteiger partial charge in [0.25, 0.3) is 0 Å². The number of fused-ring (bicyclic) bond motifs is 10. The van der Waals surface area contributed by atoms with E-state index < -0.39 is 0 Å². The van der Waals surface area contributed by atoms with Gasteiger partial charge in [0, 0.05) is 22.5 Å². The van der Waals surface area contributed by atoms with Crippen LogP contribution in [0.1, 0.15) is 50.7 Å². The van der Waals surface area contributed by atoms with Crippen molar-refractivity contribution >= 4 is 48.9 Å². The zero-order chi connectivity index (χ0) is 25.3. The van der Waals surface area contributed by atoms with Gasteiger partial charge in [0.15, 0.2) is 0 Å². The minimum absolute atomic E-state index is 0.421. The zero-order valence-corrected chi connectivity index (χ0v) is 21.8. The van der Waals surface area contributed by atoms with E-state index in [1.807, 2.05) is 0 Å². The molecule has 37 heavy (non-hydrogen) atoms. The van der Waals surface area contributed by atoms with Gasteiger partial charge < -0.3 is 0 Å². The molecule has 180 valence electrons. The van der Waals surface area contributed by atoms with Crippen LogP contribution in [0.5, 0.6) is 0 Å². The fraction of sp³-hybridized carbons (Fsp3) is 0.171. The summed E-state index contributed by atoms with van der Waals surface area (Å²) in [4.78, 5) is 5.34. The van der Waals surface area contributed by atoms with Crippen LogP contribution >= 0.6 is 0 Å². The first-order valence-corrected chi connectivity index (χ1v) is 13.3. The molecule has 0 aliphatic carbocycles. The Hall–Kier alpha value is -4.17. The lowest BCUT2D eigenvalue weighted by molar-refractivity contribution is 0.837. The summed E-state index contributed by atoms with van der Waals surface area (Å²) in [6.07, 6.45) is 2.27. The van der Waals surface area contributed by atoms with Gasteiger partial charge in [-0.2, -0.15) is 0 Å². The second-order valence-electron chi connectivity index (χ2n) is 10.8. The van der Waals surface area contributed by atoms with Crippen molar-refractivity contribution in [2.24, 2.45) is 0 Å². The first-order valence-electron chi connectivity index (χ1n) is 13.3. The third-order valence-electron chi connectivity index (χ3n) is 7.94. The molecule has 0 radical (unpaired) electrons. The van der Waals surface area contributed by atoms with Crippen molar-refractivity contribution < 1.29 is 0 Å². The molecular weight excluding hydrogens is 448 g/mol. The van der Waals surface area contributed by atoms with Gasteiger partial charge in [-0.05, 0) is 56.0 Å². The van der Waals surface area contributed by atoms with Crippen molar-refractivity contribution in [1.29, 1.82) is 0 Å². The van der Waals surface area contributed by atoms with Crippen LogP contribution in [0.3, 0.4) is 0 Å². The summed E-state index contributed by atoms with van der Waals surface area (Å²) < 4.78 is 2.32. The summed E-state index contributed by atoms with van der Waals surface area (Å²) in [5.41, 5.74) is 7.29. The van der Waals surface area contributed by atoms with E-state index in [4.69, 9.17) is 4.98 Å². The molecule has 0 aliphatic rings. The Kier molecular flexibility index (Phi) is 4.87. The minimum atomic E-state index is 0.421. The third-order valence-corrected chi connectivity index (χ3v) is 7.94. The van der Waals surface area contributed by atoms with Crippen molar-refractivity contribution in [2.45, 2.75) is 39.5 Å². The molecule has 0 N–H and O–H groups in total. The molecule has 2 heterocycles. The fourth-order valence-corrected chi connectivity index (χ4v) is 6.18. The Morgan fingerprint density at radius 2 is 1.19 bits per heavy atom. The van der Waals surface area contributed by atoms with Crippen LogP contribution in [0, 0.1) is 0 Å². The van der Waals surface area contributed by atoms with E-state index in [-0.39, 0.29) is 0 Å². The molecule has 0 bridgehead atoms. The number of aromatic nitrogens is 2. The summed E-state index contributed by atoms with van der Waals surface area (Å²) in [6, 6.07) is 33.3. The highest BCUT2D eigenvalue weighted by molar-refractivity contribution is 6.25. The molecule has 0 aliphatic heterocycles. The number of pyridine rings is 1. The van der Waals surface area contributed by atoms with E-state index >= 15 is 0 Å². The molecule has 5 aromatic carbocycles. The molecule has 0 unspecified atom stereocenters. The van der Waals surface area contributed by atoms with E-state index in [0.717, 1.165) is 11.3 Å². The highest BCUT2D eigenvalue weighted by Gasteiger charge is 2.20. The molecule has 2 heteroatoms. The van der Waals surface area contributed by atoms with Gasteiger partial charge in [0.2, 0.25) is 0 Å². The van der Waals surface area contributed by atoms with Gasteiger partial charge >= 0.3 is 0 Å². The lowest BCUT2D eigenvalue weighted by Crippen LogP contribution is -1.99. The van der Waals surface area contributed by atoms with E-state index in [1.165, 1.54) is 59.9 Å². The number of hydrogen-bond acceptors (Lipinski definition) is 1. The SMILES string of the molecule is CC(C)c1cccc(C(C)C)c1-c1cn2c3ccc4c5ccccc5ccc4c3c3ccccc3c2n1. The van der Waals surface area contributed by atoms with Crippen LogP contribution in [0.15, 0.2) is 97.2 Å². The Labute approximate surface area is 217 Å². The largest absolute Gasteiger partial charge is 0.298 e. The number of nitrogens with zero attached hydrogens (tertiary/aromatic N) is 2. The van der Waals surface area contributed by atoms with Crippen molar-refractivity contribution in [3.63, 3.8) is 0 Å². The molecule has 2 nitrogen and oxygen atoms in total. The van der Waals surface area contributed by atoms with E-state index in [9.17, 15) is 0 Å². The summed E-state index contributed by atoms with van der Waals surface area (Å²) in [6.45, 7) is 9.11. The highest BCUT2D eigenvalue weighted by Crippen LogP contribution is 2.40. The third kappa shape index (κ3) is 3.22. The van der Waals surface area contributed by atoms with E-state index in [2.05, 4.69) is 129 Å². The number of hydrogen-bond donors (Lipinski definition) is 0. The van der Waals surface area contributed by atoms with Gasteiger partial charge in [-0.3, -0.25) is 4.40 Å². The Bertz CT molecular complexity index is 1960. The molecule has 0 amide bonds. The van der Waals surface area contributed by atoms with Crippen molar-refractivity contribution in [3.05, 3.63) is 108 Å². The number of rotatable bonds is 3. The minimum Gasteiger partial charge on any atom is -0.298 e. The highest BCUT2D eigenvalue weighted by atomic mass is 15.0. The molecule has 0 fully saturated rings. The molecule has 7 rings (SSSR count). The van der Waals surface area contributed by atoms with Crippen LogP contribution in [-0.2, 0) is 0 Å². The lowest BCUT2D eigenvalue weighted by Gasteiger charge is -2.18. The monoisotopic (exact) mass is 478 g/mol. The fourth-order valence-electron chi connectivity index (χ4n) is 6.18. The summed E-state index contributed by atoms with van der Waals surface area (Å²) in [5, 5.41) is 8.88. The lowest BCUT2D eigenvalue weighted by atomic mass is 9.87. The summed E-state index contributed by atoms with van der Waals surface area (Å²) >= 11 is 0. The maximum absolute atomic E-state index is 5.34. The van der Waals surface area contributed by atoms with Crippen LogP contribution in [0.25, 0.3) is 60.1 Å². The maximum atomic E-state index is 5.34. The summed E-state index contributed by atoms with van der Waals surface area (Å²) in [5.74, 6) is 0.841. The number of imidazole rings is 1. The number of benzene rings is 5. The van der Waals surface area contributed by atoms with Crippen LogP contribution in [0.2, 0.25) is 0 Å². The average molecular weight is 479 g/mol. The quantitative estimate of drug-likeness (QED) is 0.231. The standard InChI is InChI=1S/C35H30N2/c1-21(2)24-14-9-15-25(22(3)4)33(24)31-20-37-32-19-18-27-26-11-6-5-10-23(26)16-17-29(27)34(32)28-12-7-8-13-30(28)35(37)36-31/h5-22H,1-4H3. The van der Waals surface area contributed by atoms with Crippen molar-refractivity contribution in [3.8, 4) is 11.3 Å². The van der Waals surface area contributed by atoms with Crippen molar-refractivity contribution in [2.75, 3.05) is 0 Å². The first-order chi connectivity index (χ1) is 18.0. The van der Waals surface area contributed by atoms with E-state index in [0.29, 0.717) is 11.8 Å². The van der Waals surface area contributed by atoms with Gasteiger partial charge in [-0.25, -0.2) is 4.98 Å². The average Bonchev–Trinajstić information content (AvgIpc) is 3.37. The van der Waals surface area contributed by atoms with Crippen molar-refractivity contribution in [1.82, 2.24) is 9.38 Å². The predicted molar refractivity (Wildman–Crippen MR) is 159 cm³/mol. The predicted octanol–water partition coefficient (Wildman–Crippen LogP) is 9.86. The molecule has 0 spiro atoms. The molecule has 0 saturated carbocycles. The Morgan fingerprint density at radius 3 is 1.92 bits per heavy atom. The van der Waals surface area contributed by atoms with Gasteiger partial charge in [0.05, 0.1) is 11.2 Å². The smallest absolute Gasteiger partial charge is 0.145 e. The normalized spacial score (nSPS) is 12.3. The molecule has 7 aromatic rings. The zero-order valence-electron chi connectivity index (χ0n) is 21.8. The first kappa shape index (κ1) is 22.1. The topological polar surface area (TPSA) is 17.3 Å². The van der Waals surface area contributed by atoms with Crippen LogP contribution in [-0.4, -0.2) is 9.38 Å². The van der Waals surface area contributed by atoms with Gasteiger partial charge in [-0.1, -0.05) is 113 Å². The van der Waals surface area contributed by atoms with Crippen LogP contribution in [0.4, 0.5) is 0 Å². The molecule has 0 atom stereocenters. The Morgan fingerprint density at radius 1 is 0.568 bits per heavy atom.